The third-order valence-corrected chi connectivity index (χ3v) is 3.77. The summed E-state index contributed by atoms with van der Waals surface area (Å²) in [5.41, 5.74) is 1.68. The van der Waals surface area contributed by atoms with Gasteiger partial charge in [-0.2, -0.15) is 0 Å². The predicted octanol–water partition coefficient (Wildman–Crippen LogP) is 2.15. The van der Waals surface area contributed by atoms with E-state index in [4.69, 9.17) is 14.8 Å². The molecule has 0 saturated heterocycles. The fraction of sp³-hybridized carbons (Fsp3) is 0.250. The van der Waals surface area contributed by atoms with Crippen molar-refractivity contribution >= 4 is 11.8 Å². The molecule has 0 bridgehead atoms. The molecule has 0 aromatic carbocycles. The van der Waals surface area contributed by atoms with E-state index in [2.05, 4.69) is 15.4 Å². The van der Waals surface area contributed by atoms with E-state index in [9.17, 15) is 0 Å². The first-order valence-corrected chi connectivity index (χ1v) is 6.93. The van der Waals surface area contributed by atoms with Gasteiger partial charge < -0.3 is 14.8 Å². The highest BCUT2D eigenvalue weighted by Crippen LogP contribution is 2.26. The Morgan fingerprint density at radius 3 is 2.85 bits per heavy atom. The van der Waals surface area contributed by atoms with Crippen molar-refractivity contribution in [1.82, 2.24) is 20.0 Å². The van der Waals surface area contributed by atoms with Crippen LogP contribution in [0.2, 0.25) is 0 Å². The molecule has 3 heterocycles. The molecule has 3 aromatic heterocycles. The van der Waals surface area contributed by atoms with Gasteiger partial charge in [0, 0.05) is 11.8 Å². The molecule has 0 unspecified atom stereocenters. The lowest BCUT2D eigenvalue weighted by atomic mass is 10.2. The van der Waals surface area contributed by atoms with Crippen LogP contribution in [0, 0.1) is 13.8 Å². The predicted molar refractivity (Wildman–Crippen MR) is 73.4 cm³/mol. The van der Waals surface area contributed by atoms with Crippen molar-refractivity contribution in [3.63, 3.8) is 0 Å². The molecular formula is C12H13N5O2S. The summed E-state index contributed by atoms with van der Waals surface area (Å²) in [7, 11) is 0. The maximum Gasteiger partial charge on any atom is 0.210 e. The van der Waals surface area contributed by atoms with Crippen LogP contribution in [0.25, 0.3) is 11.4 Å². The normalized spacial score (nSPS) is 11.1. The quantitative estimate of drug-likeness (QED) is 0.581. The van der Waals surface area contributed by atoms with E-state index < -0.39 is 0 Å². The second kappa shape index (κ2) is 5.04. The van der Waals surface area contributed by atoms with Crippen molar-refractivity contribution in [1.29, 1.82) is 0 Å². The van der Waals surface area contributed by atoms with Gasteiger partial charge >= 0.3 is 0 Å². The standard InChI is InChI=1S/C12H13N5O2S/c1-7-5-9(16-19-7)6-20-12-15-14-11(17(12)13)10-3-4-18-8(10)2/h3-5H,6,13H2,1-2H3. The zero-order valence-electron chi connectivity index (χ0n) is 11.0. The first kappa shape index (κ1) is 12.8. The summed E-state index contributed by atoms with van der Waals surface area (Å²) in [5.74, 6) is 8.76. The Bertz CT molecular complexity index is 730. The summed E-state index contributed by atoms with van der Waals surface area (Å²) >= 11 is 1.45. The van der Waals surface area contributed by atoms with Gasteiger partial charge in [0.15, 0.2) is 5.82 Å². The molecule has 0 aliphatic rings. The Morgan fingerprint density at radius 1 is 1.35 bits per heavy atom. The molecule has 20 heavy (non-hydrogen) atoms. The van der Waals surface area contributed by atoms with Crippen molar-refractivity contribution in [2.45, 2.75) is 24.8 Å². The minimum atomic E-state index is 0.579. The van der Waals surface area contributed by atoms with Crippen molar-refractivity contribution < 1.29 is 8.94 Å². The Labute approximate surface area is 119 Å². The molecule has 0 saturated carbocycles. The molecule has 104 valence electrons. The number of hydrogen-bond donors (Lipinski definition) is 1. The average Bonchev–Trinajstić information content (AvgIpc) is 3.10. The zero-order valence-corrected chi connectivity index (χ0v) is 11.8. The third-order valence-electron chi connectivity index (χ3n) is 2.79. The first-order valence-electron chi connectivity index (χ1n) is 5.95. The first-order chi connectivity index (χ1) is 9.65. The fourth-order valence-electron chi connectivity index (χ4n) is 1.80. The number of thioether (sulfide) groups is 1. The van der Waals surface area contributed by atoms with Gasteiger partial charge in [-0.3, -0.25) is 0 Å². The second-order valence-corrected chi connectivity index (χ2v) is 5.23. The monoisotopic (exact) mass is 291 g/mol. The minimum Gasteiger partial charge on any atom is -0.469 e. The Morgan fingerprint density at radius 2 is 2.20 bits per heavy atom. The lowest BCUT2D eigenvalue weighted by Gasteiger charge is -2.01. The number of nitrogens with zero attached hydrogens (tertiary/aromatic N) is 4. The zero-order chi connectivity index (χ0) is 14.1. The highest BCUT2D eigenvalue weighted by molar-refractivity contribution is 7.98. The van der Waals surface area contributed by atoms with Gasteiger partial charge in [0.25, 0.3) is 0 Å². The van der Waals surface area contributed by atoms with Crippen LogP contribution in [0.15, 0.2) is 32.5 Å². The van der Waals surface area contributed by atoms with Crippen molar-refractivity contribution in [2.75, 3.05) is 5.84 Å². The molecule has 0 aliphatic heterocycles. The van der Waals surface area contributed by atoms with Gasteiger partial charge in [-0.25, -0.2) is 4.68 Å². The molecule has 0 radical (unpaired) electrons. The van der Waals surface area contributed by atoms with Gasteiger partial charge in [0.05, 0.1) is 17.5 Å². The highest BCUT2D eigenvalue weighted by Gasteiger charge is 2.16. The maximum absolute atomic E-state index is 6.02. The summed E-state index contributed by atoms with van der Waals surface area (Å²) in [4.78, 5) is 0. The molecule has 7 nitrogen and oxygen atoms in total. The number of hydrogen-bond acceptors (Lipinski definition) is 7. The van der Waals surface area contributed by atoms with Crippen molar-refractivity contribution in [3.8, 4) is 11.4 Å². The molecule has 0 amide bonds. The SMILES string of the molecule is Cc1cc(CSc2nnc(-c3ccoc3C)n2N)no1. The van der Waals surface area contributed by atoms with Crippen LogP contribution in [0.1, 0.15) is 17.2 Å². The van der Waals surface area contributed by atoms with E-state index >= 15 is 0 Å². The van der Waals surface area contributed by atoms with Crippen molar-refractivity contribution in [2.24, 2.45) is 0 Å². The van der Waals surface area contributed by atoms with E-state index in [1.807, 2.05) is 26.0 Å². The van der Waals surface area contributed by atoms with Crippen LogP contribution in [-0.4, -0.2) is 20.0 Å². The van der Waals surface area contributed by atoms with Gasteiger partial charge in [-0.15, -0.1) is 10.2 Å². The van der Waals surface area contributed by atoms with Crippen LogP contribution in [-0.2, 0) is 5.75 Å². The van der Waals surface area contributed by atoms with Crippen LogP contribution in [0.5, 0.6) is 0 Å². The number of nitrogens with two attached hydrogens (primary N) is 1. The maximum atomic E-state index is 6.02. The Balaban J connectivity index is 1.79. The molecular weight excluding hydrogens is 278 g/mol. The molecule has 8 heteroatoms. The summed E-state index contributed by atoms with van der Waals surface area (Å²) < 4.78 is 11.7. The van der Waals surface area contributed by atoms with Gasteiger partial charge in [-0.1, -0.05) is 16.9 Å². The van der Waals surface area contributed by atoms with Crippen LogP contribution >= 0.6 is 11.8 Å². The van der Waals surface area contributed by atoms with E-state index in [-0.39, 0.29) is 0 Å². The summed E-state index contributed by atoms with van der Waals surface area (Å²) in [6.07, 6.45) is 1.60. The lowest BCUT2D eigenvalue weighted by Crippen LogP contribution is -2.11. The van der Waals surface area contributed by atoms with E-state index in [1.54, 1.807) is 6.26 Å². The second-order valence-electron chi connectivity index (χ2n) is 4.28. The molecule has 3 rings (SSSR count). The minimum absolute atomic E-state index is 0.579. The number of nitrogen functional groups attached to an aromatic ring is 1. The Hall–Kier alpha value is -2.22. The van der Waals surface area contributed by atoms with Crippen molar-refractivity contribution in [3.05, 3.63) is 35.6 Å². The number of furan rings is 1. The van der Waals surface area contributed by atoms with Crippen LogP contribution < -0.4 is 5.84 Å². The van der Waals surface area contributed by atoms with E-state index in [1.165, 1.54) is 16.4 Å². The number of aromatic nitrogens is 4. The summed E-state index contributed by atoms with van der Waals surface area (Å²) in [6, 6.07) is 3.70. The van der Waals surface area contributed by atoms with Crippen LogP contribution in [0.4, 0.5) is 0 Å². The van der Waals surface area contributed by atoms with Crippen LogP contribution in [0.3, 0.4) is 0 Å². The molecule has 0 aliphatic carbocycles. The summed E-state index contributed by atoms with van der Waals surface area (Å²) in [5, 5.41) is 12.7. The third kappa shape index (κ3) is 2.29. The Kier molecular flexibility index (Phi) is 3.23. The van der Waals surface area contributed by atoms with Gasteiger partial charge in [0.2, 0.25) is 5.16 Å². The van der Waals surface area contributed by atoms with E-state index in [0.29, 0.717) is 16.7 Å². The molecule has 3 aromatic rings. The highest BCUT2D eigenvalue weighted by atomic mass is 32.2. The van der Waals surface area contributed by atoms with Gasteiger partial charge in [0.1, 0.15) is 11.5 Å². The largest absolute Gasteiger partial charge is 0.469 e. The summed E-state index contributed by atoms with van der Waals surface area (Å²) in [6.45, 7) is 3.71. The van der Waals surface area contributed by atoms with E-state index in [0.717, 1.165) is 22.8 Å². The number of rotatable bonds is 4. The molecule has 2 N–H and O–H groups in total. The van der Waals surface area contributed by atoms with Gasteiger partial charge in [-0.05, 0) is 19.9 Å². The smallest absolute Gasteiger partial charge is 0.210 e. The molecule has 0 fully saturated rings. The average molecular weight is 291 g/mol. The lowest BCUT2D eigenvalue weighted by molar-refractivity contribution is 0.393. The topological polar surface area (TPSA) is 95.9 Å². The molecule has 0 atom stereocenters. The molecule has 0 spiro atoms. The fourth-order valence-corrected chi connectivity index (χ4v) is 2.54. The number of aryl methyl sites for hydroxylation is 2.